The summed E-state index contributed by atoms with van der Waals surface area (Å²) in [6.45, 7) is 4.40. The zero-order valence-electron chi connectivity index (χ0n) is 19.3. The van der Waals surface area contributed by atoms with Gasteiger partial charge in [-0.1, -0.05) is 61.0 Å². The number of hydrogen-bond acceptors (Lipinski definition) is 2. The van der Waals surface area contributed by atoms with Crippen molar-refractivity contribution in [3.8, 4) is 11.1 Å². The number of benzene rings is 4. The first-order valence-electron chi connectivity index (χ1n) is 11.9. The van der Waals surface area contributed by atoms with E-state index in [9.17, 15) is 0 Å². The molecular formula is C32H24O2. The zero-order chi connectivity index (χ0) is 22.8. The molecule has 2 heterocycles. The van der Waals surface area contributed by atoms with Crippen molar-refractivity contribution in [2.24, 2.45) is 5.92 Å². The van der Waals surface area contributed by atoms with E-state index in [0.29, 0.717) is 5.92 Å². The van der Waals surface area contributed by atoms with Gasteiger partial charge in [0, 0.05) is 27.1 Å². The second-order valence-electron chi connectivity index (χ2n) is 9.57. The third-order valence-electron chi connectivity index (χ3n) is 7.06. The van der Waals surface area contributed by atoms with Gasteiger partial charge in [-0.05, 0) is 78.4 Å². The molecule has 2 heteroatoms. The fourth-order valence-corrected chi connectivity index (χ4v) is 5.34. The topological polar surface area (TPSA) is 26.3 Å². The van der Waals surface area contributed by atoms with Crippen LogP contribution in [0.2, 0.25) is 0 Å². The number of allylic oxidation sites excluding steroid dienone is 4. The largest absolute Gasteiger partial charge is 0.456 e. The predicted octanol–water partition coefficient (Wildman–Crippen LogP) is 9.44. The summed E-state index contributed by atoms with van der Waals surface area (Å²) in [7, 11) is 0. The molecule has 1 atom stereocenters. The van der Waals surface area contributed by atoms with Gasteiger partial charge < -0.3 is 8.83 Å². The maximum absolute atomic E-state index is 6.44. The van der Waals surface area contributed by atoms with E-state index in [2.05, 4.69) is 98.8 Å². The zero-order valence-corrected chi connectivity index (χ0v) is 19.3. The van der Waals surface area contributed by atoms with Crippen LogP contribution in [0.25, 0.3) is 60.6 Å². The molecule has 2 aromatic heterocycles. The van der Waals surface area contributed by atoms with Gasteiger partial charge in [0.15, 0.2) is 0 Å². The molecule has 1 aliphatic carbocycles. The molecule has 0 spiro atoms. The fourth-order valence-electron chi connectivity index (χ4n) is 5.34. The minimum absolute atomic E-state index is 0.539. The Morgan fingerprint density at radius 3 is 2.35 bits per heavy atom. The first-order valence-corrected chi connectivity index (χ1v) is 11.9. The summed E-state index contributed by atoms with van der Waals surface area (Å²) in [4.78, 5) is 0. The van der Waals surface area contributed by atoms with Crippen molar-refractivity contribution in [3.05, 3.63) is 102 Å². The molecule has 0 fully saturated rings. The Kier molecular flexibility index (Phi) is 4.13. The lowest BCUT2D eigenvalue weighted by Crippen LogP contribution is -1.97. The van der Waals surface area contributed by atoms with Crippen LogP contribution in [0.1, 0.15) is 24.5 Å². The number of aryl methyl sites for hydroxylation is 1. The molecule has 2 nitrogen and oxygen atoms in total. The van der Waals surface area contributed by atoms with Crippen LogP contribution in [0.5, 0.6) is 0 Å². The predicted molar refractivity (Wildman–Crippen MR) is 142 cm³/mol. The smallest absolute Gasteiger partial charge is 0.143 e. The number of fused-ring (bicyclic) bond motifs is 6. The Hall–Kier alpha value is -4.04. The second kappa shape index (κ2) is 7.23. The summed E-state index contributed by atoms with van der Waals surface area (Å²) in [6.07, 6.45) is 7.76. The highest BCUT2D eigenvalue weighted by molar-refractivity contribution is 6.12. The summed E-state index contributed by atoms with van der Waals surface area (Å²) in [5, 5.41) is 4.62. The summed E-state index contributed by atoms with van der Waals surface area (Å²) in [5.74, 6) is 0.539. The van der Waals surface area contributed by atoms with E-state index in [1.807, 2.05) is 6.07 Å². The number of hydrogen-bond donors (Lipinski definition) is 0. The Balaban J connectivity index is 1.53. The molecule has 7 rings (SSSR count). The molecule has 0 N–H and O–H groups in total. The summed E-state index contributed by atoms with van der Waals surface area (Å²) in [5.41, 5.74) is 9.82. The average Bonchev–Trinajstić information content (AvgIpc) is 3.41. The summed E-state index contributed by atoms with van der Waals surface area (Å²) < 4.78 is 12.6. The van der Waals surface area contributed by atoms with Gasteiger partial charge in [0.25, 0.3) is 0 Å². The van der Waals surface area contributed by atoms with Crippen LogP contribution in [0.4, 0.5) is 0 Å². The lowest BCUT2D eigenvalue weighted by Gasteiger charge is -2.16. The monoisotopic (exact) mass is 440 g/mol. The quantitative estimate of drug-likeness (QED) is 0.268. The molecule has 0 radical (unpaired) electrons. The molecule has 6 aromatic rings. The summed E-state index contributed by atoms with van der Waals surface area (Å²) >= 11 is 0. The van der Waals surface area contributed by atoms with Crippen LogP contribution in [0.15, 0.2) is 99.9 Å². The normalized spacial score (nSPS) is 16.2. The van der Waals surface area contributed by atoms with Gasteiger partial charge in [0.05, 0.1) is 0 Å². The van der Waals surface area contributed by atoms with Gasteiger partial charge in [-0.3, -0.25) is 0 Å². The Morgan fingerprint density at radius 1 is 0.706 bits per heavy atom. The van der Waals surface area contributed by atoms with Gasteiger partial charge in [-0.25, -0.2) is 0 Å². The van der Waals surface area contributed by atoms with Crippen LogP contribution < -0.4 is 0 Å². The highest BCUT2D eigenvalue weighted by atomic mass is 16.3. The van der Waals surface area contributed by atoms with Crippen molar-refractivity contribution >= 4 is 49.5 Å². The van der Waals surface area contributed by atoms with Gasteiger partial charge >= 0.3 is 0 Å². The van der Waals surface area contributed by atoms with E-state index >= 15 is 0 Å². The molecule has 0 saturated carbocycles. The van der Waals surface area contributed by atoms with E-state index < -0.39 is 0 Å². The first-order chi connectivity index (χ1) is 16.6. The molecule has 164 valence electrons. The first kappa shape index (κ1) is 19.4. The van der Waals surface area contributed by atoms with E-state index in [4.69, 9.17) is 8.83 Å². The Morgan fingerprint density at radius 2 is 1.47 bits per heavy atom. The minimum Gasteiger partial charge on any atom is -0.456 e. The van der Waals surface area contributed by atoms with E-state index in [1.54, 1.807) is 0 Å². The van der Waals surface area contributed by atoms with E-state index in [0.717, 1.165) is 56.0 Å². The van der Waals surface area contributed by atoms with E-state index in [-0.39, 0.29) is 0 Å². The second-order valence-corrected chi connectivity index (χ2v) is 9.57. The van der Waals surface area contributed by atoms with Gasteiger partial charge in [0.2, 0.25) is 0 Å². The number of furan rings is 2. The maximum Gasteiger partial charge on any atom is 0.143 e. The lowest BCUT2D eigenvalue weighted by molar-refractivity contribution is 0.668. The van der Waals surface area contributed by atoms with Gasteiger partial charge in [-0.2, -0.15) is 0 Å². The highest BCUT2D eigenvalue weighted by Crippen LogP contribution is 2.41. The van der Waals surface area contributed by atoms with Gasteiger partial charge in [-0.15, -0.1) is 0 Å². The van der Waals surface area contributed by atoms with Crippen molar-refractivity contribution in [3.63, 3.8) is 0 Å². The van der Waals surface area contributed by atoms with Crippen LogP contribution in [0, 0.1) is 12.8 Å². The van der Waals surface area contributed by atoms with Crippen LogP contribution in [0.3, 0.4) is 0 Å². The fraction of sp³-hybridized carbons (Fsp3) is 0.125. The third kappa shape index (κ3) is 2.95. The van der Waals surface area contributed by atoms with Crippen molar-refractivity contribution < 1.29 is 8.83 Å². The Labute approximate surface area is 197 Å². The summed E-state index contributed by atoms with van der Waals surface area (Å²) in [6, 6.07) is 25.8. The van der Waals surface area contributed by atoms with Crippen molar-refractivity contribution in [2.75, 3.05) is 0 Å². The minimum atomic E-state index is 0.539. The van der Waals surface area contributed by atoms with Crippen LogP contribution >= 0.6 is 0 Å². The maximum atomic E-state index is 6.44. The van der Waals surface area contributed by atoms with Crippen LogP contribution in [-0.2, 0) is 0 Å². The molecule has 34 heavy (non-hydrogen) atoms. The molecule has 0 bridgehead atoms. The SMILES string of the molecule is Cc1ccc2oc3ccc(-c4cc(C5=CC=CC(C)C5)cc5c4oc4ccccc45)cc3c2c1. The van der Waals surface area contributed by atoms with Crippen molar-refractivity contribution in [1.29, 1.82) is 0 Å². The van der Waals surface area contributed by atoms with Crippen molar-refractivity contribution in [1.82, 2.24) is 0 Å². The number of para-hydroxylation sites is 1. The number of rotatable bonds is 2. The average molecular weight is 441 g/mol. The Bertz CT molecular complexity index is 1810. The standard InChI is InChI=1S/C32H24O2/c1-19-6-5-7-21(14-19)23-17-25(32-28(18-23)24-8-3-4-9-29(24)34-32)22-11-13-31-27(16-22)26-15-20(2)10-12-30(26)33-31/h3-13,15-19H,14H2,1-2H3. The highest BCUT2D eigenvalue weighted by Gasteiger charge is 2.18. The molecule has 0 aliphatic heterocycles. The van der Waals surface area contributed by atoms with Crippen LogP contribution in [-0.4, -0.2) is 0 Å². The molecule has 1 aliphatic rings. The van der Waals surface area contributed by atoms with Crippen molar-refractivity contribution in [2.45, 2.75) is 20.3 Å². The molecule has 0 amide bonds. The van der Waals surface area contributed by atoms with E-state index in [1.165, 1.54) is 22.1 Å². The third-order valence-corrected chi connectivity index (χ3v) is 7.06. The molecular weight excluding hydrogens is 416 g/mol. The van der Waals surface area contributed by atoms with Gasteiger partial charge in [0.1, 0.15) is 22.3 Å². The lowest BCUT2D eigenvalue weighted by atomic mass is 9.88. The molecule has 4 aromatic carbocycles. The molecule has 1 unspecified atom stereocenters. The molecule has 0 saturated heterocycles.